The van der Waals surface area contributed by atoms with Gasteiger partial charge in [0.05, 0.1) is 11.1 Å². The Bertz CT molecular complexity index is 593. The molecule has 0 fully saturated rings. The van der Waals surface area contributed by atoms with E-state index < -0.39 is 0 Å². The second-order valence-corrected chi connectivity index (χ2v) is 5.80. The number of carbonyl (C=O) groups is 1. The lowest BCUT2D eigenvalue weighted by molar-refractivity contribution is 0.0913. The maximum Gasteiger partial charge on any atom is 0.253 e. The first-order valence-corrected chi connectivity index (χ1v) is 7.24. The van der Waals surface area contributed by atoms with Gasteiger partial charge in [-0.05, 0) is 32.4 Å². The van der Waals surface area contributed by atoms with Gasteiger partial charge in [0.2, 0.25) is 0 Å². The average Bonchev–Trinajstić information content (AvgIpc) is 2.37. The molecule has 100 valence electrons. The zero-order valence-corrected chi connectivity index (χ0v) is 12.6. The molecule has 0 radical (unpaired) electrons. The van der Waals surface area contributed by atoms with E-state index in [-0.39, 0.29) is 11.4 Å². The number of alkyl halides is 1. The van der Waals surface area contributed by atoms with Crippen LogP contribution in [0.2, 0.25) is 0 Å². The summed E-state index contributed by atoms with van der Waals surface area (Å²) in [5, 5.41) is 3.87. The molecule has 0 spiro atoms. The Morgan fingerprint density at radius 3 is 2.79 bits per heavy atom. The van der Waals surface area contributed by atoms with Crippen LogP contribution < -0.4 is 5.32 Å². The van der Waals surface area contributed by atoms with Crippen LogP contribution in [0, 0.1) is 0 Å². The van der Waals surface area contributed by atoms with Crippen LogP contribution in [0.1, 0.15) is 30.6 Å². The molecule has 19 heavy (non-hydrogen) atoms. The van der Waals surface area contributed by atoms with Gasteiger partial charge >= 0.3 is 0 Å². The molecule has 2 aromatic rings. The number of amides is 1. The number of hydrogen-bond donors (Lipinski definition) is 1. The van der Waals surface area contributed by atoms with Crippen molar-refractivity contribution in [3.63, 3.8) is 0 Å². The van der Waals surface area contributed by atoms with Crippen LogP contribution in [0.3, 0.4) is 0 Å². The molecule has 1 aromatic heterocycles. The molecule has 5 heteroatoms. The summed E-state index contributed by atoms with van der Waals surface area (Å²) in [6, 6.07) is 5.45. The van der Waals surface area contributed by atoms with E-state index in [1.807, 2.05) is 26.0 Å². The number of aromatic nitrogens is 2. The second kappa shape index (κ2) is 5.65. The highest BCUT2D eigenvalue weighted by Crippen LogP contribution is 2.16. The molecule has 0 unspecified atom stereocenters. The summed E-state index contributed by atoms with van der Waals surface area (Å²) in [5.41, 5.74) is 1.67. The van der Waals surface area contributed by atoms with Crippen LogP contribution in [0.15, 0.2) is 30.6 Å². The summed E-state index contributed by atoms with van der Waals surface area (Å²) < 4.78 is 0. The zero-order valence-electron chi connectivity index (χ0n) is 11.0. The van der Waals surface area contributed by atoms with Gasteiger partial charge in [-0.25, -0.2) is 0 Å². The molecule has 0 saturated carbocycles. The molecule has 0 aliphatic carbocycles. The smallest absolute Gasteiger partial charge is 0.253 e. The largest absolute Gasteiger partial charge is 0.347 e. The van der Waals surface area contributed by atoms with Crippen molar-refractivity contribution in [2.45, 2.75) is 25.8 Å². The highest BCUT2D eigenvalue weighted by molar-refractivity contribution is 9.09. The van der Waals surface area contributed by atoms with Gasteiger partial charge in [-0.1, -0.05) is 22.0 Å². The van der Waals surface area contributed by atoms with E-state index >= 15 is 0 Å². The highest BCUT2D eigenvalue weighted by Gasteiger charge is 2.21. The summed E-state index contributed by atoms with van der Waals surface area (Å²) in [4.78, 5) is 20.8. The summed E-state index contributed by atoms with van der Waals surface area (Å²) in [6.07, 6.45) is 4.08. The van der Waals surface area contributed by atoms with Crippen LogP contribution in [0.5, 0.6) is 0 Å². The number of fused-ring (bicyclic) bond motifs is 1. The van der Waals surface area contributed by atoms with Crippen molar-refractivity contribution in [3.05, 3.63) is 36.2 Å². The lowest BCUT2D eigenvalue weighted by atomic mass is 10.0. The third-order valence-corrected chi connectivity index (χ3v) is 3.31. The Labute approximate surface area is 120 Å². The van der Waals surface area contributed by atoms with E-state index in [9.17, 15) is 4.79 Å². The molecular formula is C14H16BrN3O. The molecule has 0 aliphatic rings. The number of nitrogens with zero attached hydrogens (tertiary/aromatic N) is 2. The van der Waals surface area contributed by atoms with Crippen LogP contribution in [0.25, 0.3) is 11.0 Å². The topological polar surface area (TPSA) is 54.9 Å². The predicted molar refractivity (Wildman–Crippen MR) is 79.5 cm³/mol. The van der Waals surface area contributed by atoms with Gasteiger partial charge in [0.1, 0.15) is 5.52 Å². The van der Waals surface area contributed by atoms with Crippen molar-refractivity contribution >= 4 is 32.9 Å². The van der Waals surface area contributed by atoms with Crippen molar-refractivity contribution in [3.8, 4) is 0 Å². The van der Waals surface area contributed by atoms with E-state index in [0.717, 1.165) is 17.3 Å². The molecule has 1 N–H and O–H groups in total. The van der Waals surface area contributed by atoms with Gasteiger partial charge in [-0.3, -0.25) is 14.8 Å². The standard InChI is InChI=1S/C14H16BrN3O/c1-14(2,6-7-15)18-13(19)10-4-3-5-11-12(10)17-9-8-16-11/h3-5,8-9H,6-7H2,1-2H3,(H,18,19). The number of benzene rings is 1. The quantitative estimate of drug-likeness (QED) is 0.881. The summed E-state index contributed by atoms with van der Waals surface area (Å²) in [6.45, 7) is 4.01. The highest BCUT2D eigenvalue weighted by atomic mass is 79.9. The number of rotatable bonds is 4. The fourth-order valence-corrected chi connectivity index (χ4v) is 2.84. The molecule has 4 nitrogen and oxygen atoms in total. The van der Waals surface area contributed by atoms with Gasteiger partial charge < -0.3 is 5.32 Å². The lowest BCUT2D eigenvalue weighted by Gasteiger charge is -2.25. The molecule has 1 aromatic carbocycles. The molecule has 0 atom stereocenters. The Hall–Kier alpha value is -1.49. The number of para-hydroxylation sites is 1. The maximum atomic E-state index is 12.4. The summed E-state index contributed by atoms with van der Waals surface area (Å²) >= 11 is 3.40. The van der Waals surface area contributed by atoms with Crippen molar-refractivity contribution in [1.82, 2.24) is 15.3 Å². The van der Waals surface area contributed by atoms with E-state index in [2.05, 4.69) is 31.2 Å². The monoisotopic (exact) mass is 321 g/mol. The van der Waals surface area contributed by atoms with Gasteiger partial charge in [0.15, 0.2) is 0 Å². The second-order valence-electron chi connectivity index (χ2n) is 5.01. The SMILES string of the molecule is CC(C)(CCBr)NC(=O)c1cccc2nccnc12. The molecular weight excluding hydrogens is 306 g/mol. The first kappa shape index (κ1) is 13.9. The lowest BCUT2D eigenvalue weighted by Crippen LogP contribution is -2.43. The normalized spacial score (nSPS) is 11.5. The number of nitrogens with one attached hydrogen (secondary N) is 1. The van der Waals surface area contributed by atoms with Crippen molar-refractivity contribution in [2.75, 3.05) is 5.33 Å². The fraction of sp³-hybridized carbons (Fsp3) is 0.357. The van der Waals surface area contributed by atoms with Crippen LogP contribution in [0.4, 0.5) is 0 Å². The van der Waals surface area contributed by atoms with Crippen LogP contribution >= 0.6 is 15.9 Å². The minimum atomic E-state index is -0.259. The molecule has 0 bridgehead atoms. The van der Waals surface area contributed by atoms with Crippen molar-refractivity contribution in [1.29, 1.82) is 0 Å². The Morgan fingerprint density at radius 1 is 1.32 bits per heavy atom. The van der Waals surface area contributed by atoms with Crippen LogP contribution in [-0.4, -0.2) is 26.7 Å². The van der Waals surface area contributed by atoms with E-state index in [4.69, 9.17) is 0 Å². The molecule has 1 heterocycles. The Balaban J connectivity index is 2.32. The fourth-order valence-electron chi connectivity index (χ4n) is 1.85. The predicted octanol–water partition coefficient (Wildman–Crippen LogP) is 2.92. The average molecular weight is 322 g/mol. The van der Waals surface area contributed by atoms with Gasteiger partial charge in [-0.15, -0.1) is 0 Å². The molecule has 0 aliphatic heterocycles. The maximum absolute atomic E-state index is 12.4. The summed E-state index contributed by atoms with van der Waals surface area (Å²) in [7, 11) is 0. The minimum Gasteiger partial charge on any atom is -0.347 e. The Kier molecular flexibility index (Phi) is 4.14. The van der Waals surface area contributed by atoms with Gasteiger partial charge in [-0.2, -0.15) is 0 Å². The van der Waals surface area contributed by atoms with Gasteiger partial charge in [0, 0.05) is 23.3 Å². The molecule has 0 saturated heterocycles. The van der Waals surface area contributed by atoms with E-state index in [1.54, 1.807) is 18.5 Å². The molecule has 2 rings (SSSR count). The third kappa shape index (κ3) is 3.29. The zero-order chi connectivity index (χ0) is 13.9. The number of hydrogen-bond acceptors (Lipinski definition) is 3. The van der Waals surface area contributed by atoms with Crippen molar-refractivity contribution in [2.24, 2.45) is 0 Å². The third-order valence-electron chi connectivity index (χ3n) is 2.91. The van der Waals surface area contributed by atoms with Crippen LogP contribution in [-0.2, 0) is 0 Å². The first-order valence-electron chi connectivity index (χ1n) is 6.12. The summed E-state index contributed by atoms with van der Waals surface area (Å²) in [5.74, 6) is -0.114. The van der Waals surface area contributed by atoms with Gasteiger partial charge in [0.25, 0.3) is 5.91 Å². The minimum absolute atomic E-state index is 0.114. The van der Waals surface area contributed by atoms with Crippen molar-refractivity contribution < 1.29 is 4.79 Å². The number of carbonyl (C=O) groups excluding carboxylic acids is 1. The first-order chi connectivity index (χ1) is 9.03. The van der Waals surface area contributed by atoms with E-state index in [0.29, 0.717) is 11.1 Å². The number of halogens is 1. The Morgan fingerprint density at radius 2 is 2.05 bits per heavy atom. The van der Waals surface area contributed by atoms with E-state index in [1.165, 1.54) is 0 Å². The molecule has 1 amide bonds.